The fraction of sp³-hybridized carbons (Fsp3) is 0.667. The van der Waals surface area contributed by atoms with Crippen LogP contribution in [0.5, 0.6) is 0 Å². The number of nitrogens with one attached hydrogen (secondary N) is 8. The molecular weight excluding hydrogens is 864 g/mol. The van der Waals surface area contributed by atoms with Gasteiger partial charge in [0.05, 0.1) is 52.4 Å². The molecule has 4 unspecified atom stereocenters. The van der Waals surface area contributed by atoms with Crippen molar-refractivity contribution in [2.24, 2.45) is 0 Å². The number of halogens is 4. The molecule has 8 nitrogen and oxygen atoms in total. The lowest BCUT2D eigenvalue weighted by atomic mass is 10.1. The molecule has 8 N–H and O–H groups in total. The SMILES string of the molecule is [Br-].[Br-].[Br-].[Br-].c1cc2ccc1C[NH+]1CCCNCC[NH+](CCCNCC1)Cc1ccc(cc1)C[NH+]1CCCNCC[NH+](CCCNCC1)C2. The van der Waals surface area contributed by atoms with Gasteiger partial charge in [-0.15, -0.1) is 0 Å². The molecule has 2 fully saturated rings. The Morgan fingerprint density at radius 2 is 0.500 bits per heavy atom. The van der Waals surface area contributed by atoms with Crippen LogP contribution < -0.4 is 109 Å². The first kappa shape index (κ1) is 46.1. The van der Waals surface area contributed by atoms with Gasteiger partial charge < -0.3 is 109 Å². The van der Waals surface area contributed by atoms with Crippen LogP contribution in [0.4, 0.5) is 0 Å². The van der Waals surface area contributed by atoms with Crippen LogP contribution >= 0.6 is 0 Å². The van der Waals surface area contributed by atoms with Gasteiger partial charge in [0.25, 0.3) is 0 Å². The average molecular weight is 929 g/mol. The quantitative estimate of drug-likeness (QED) is 0.136. The second-order valence-electron chi connectivity index (χ2n) is 13.8. The van der Waals surface area contributed by atoms with E-state index in [-0.39, 0.29) is 67.9 Å². The Kier molecular flexibility index (Phi) is 26.5. The number of rotatable bonds is 0. The Morgan fingerprint density at radius 1 is 0.292 bits per heavy atom. The van der Waals surface area contributed by atoms with E-state index in [4.69, 9.17) is 0 Å². The topological polar surface area (TPSA) is 65.9 Å². The lowest BCUT2D eigenvalue weighted by molar-refractivity contribution is -0.914. The summed E-state index contributed by atoms with van der Waals surface area (Å²) in [7, 11) is 0. The van der Waals surface area contributed by atoms with Gasteiger partial charge >= 0.3 is 0 Å². The van der Waals surface area contributed by atoms with E-state index in [0.717, 1.165) is 78.5 Å². The largest absolute Gasteiger partial charge is 1.00 e. The van der Waals surface area contributed by atoms with Crippen molar-refractivity contribution in [2.75, 3.05) is 105 Å². The summed E-state index contributed by atoms with van der Waals surface area (Å²) in [6, 6.07) is 19.3. The Bertz CT molecular complexity index is 852. The van der Waals surface area contributed by atoms with Crippen LogP contribution in [0.3, 0.4) is 0 Å². The molecule has 0 saturated carbocycles. The lowest BCUT2D eigenvalue weighted by Gasteiger charge is -2.24. The maximum atomic E-state index is 3.79. The molecule has 2 aromatic carbocycles. The average Bonchev–Trinajstić information content (AvgIpc) is 3.03. The highest BCUT2D eigenvalue weighted by Gasteiger charge is 2.16. The maximum Gasteiger partial charge on any atom is 0.103 e. The molecule has 0 aromatic heterocycles. The van der Waals surface area contributed by atoms with Crippen LogP contribution in [0.1, 0.15) is 47.9 Å². The molecule has 14 rings (SSSR count). The van der Waals surface area contributed by atoms with Gasteiger partial charge in [-0.2, -0.15) is 0 Å². The summed E-state index contributed by atoms with van der Waals surface area (Å²) in [5.74, 6) is 0. The Morgan fingerprint density at radius 3 is 0.708 bits per heavy atom. The summed E-state index contributed by atoms with van der Waals surface area (Å²) >= 11 is 0. The third-order valence-corrected chi connectivity index (χ3v) is 10.0. The summed E-state index contributed by atoms with van der Waals surface area (Å²) in [6.45, 7) is 23.2. The summed E-state index contributed by atoms with van der Waals surface area (Å²) in [5, 5.41) is 15.1. The summed E-state index contributed by atoms with van der Waals surface area (Å²) in [4.78, 5) is 6.82. The van der Waals surface area contributed by atoms with Crippen LogP contribution in [0.25, 0.3) is 0 Å². The van der Waals surface area contributed by atoms with E-state index in [1.54, 1.807) is 19.6 Å². The maximum absolute atomic E-state index is 3.79. The van der Waals surface area contributed by atoms with Gasteiger partial charge in [0.1, 0.15) is 26.2 Å². The van der Waals surface area contributed by atoms with Crippen LogP contribution in [0.15, 0.2) is 48.5 Å². The highest BCUT2D eigenvalue weighted by Crippen LogP contribution is 2.04. The fourth-order valence-electron chi connectivity index (χ4n) is 7.33. The minimum atomic E-state index is 0. The van der Waals surface area contributed by atoms with E-state index in [9.17, 15) is 0 Å². The van der Waals surface area contributed by atoms with E-state index < -0.39 is 0 Å². The van der Waals surface area contributed by atoms with Gasteiger partial charge in [-0.05, 0) is 0 Å². The molecule has 12 heterocycles. The van der Waals surface area contributed by atoms with E-state index in [2.05, 4.69) is 69.8 Å². The second-order valence-corrected chi connectivity index (χ2v) is 13.8. The zero-order chi connectivity index (χ0) is 30.1. The van der Waals surface area contributed by atoms with Gasteiger partial charge in [0.2, 0.25) is 0 Å². The van der Waals surface area contributed by atoms with Crippen LogP contribution in [0, 0.1) is 0 Å². The zero-order valence-electron chi connectivity index (χ0n) is 29.1. The van der Waals surface area contributed by atoms with Gasteiger partial charge in [-0.3, -0.25) is 0 Å². The predicted octanol–water partition coefficient (Wildman–Crippen LogP) is -15.1. The molecule has 0 amide bonds. The third kappa shape index (κ3) is 18.0. The van der Waals surface area contributed by atoms with E-state index >= 15 is 0 Å². The lowest BCUT2D eigenvalue weighted by Crippen LogP contribution is -3.12. The molecule has 12 heteroatoms. The van der Waals surface area contributed by atoms with E-state index in [1.807, 2.05) is 0 Å². The highest BCUT2D eigenvalue weighted by molar-refractivity contribution is 5.22. The van der Waals surface area contributed by atoms with Crippen LogP contribution in [-0.2, 0) is 26.2 Å². The monoisotopic (exact) mass is 924 g/mol. The molecule has 48 heavy (non-hydrogen) atoms. The molecule has 276 valence electrons. The van der Waals surface area contributed by atoms with Crippen LogP contribution in [-0.4, -0.2) is 105 Å². The fourth-order valence-corrected chi connectivity index (χ4v) is 7.33. The van der Waals surface area contributed by atoms with Crippen molar-refractivity contribution < 1.29 is 87.5 Å². The first-order chi connectivity index (χ1) is 21.8. The van der Waals surface area contributed by atoms with Gasteiger partial charge in [0.15, 0.2) is 0 Å². The Labute approximate surface area is 334 Å². The van der Waals surface area contributed by atoms with Crippen molar-refractivity contribution in [2.45, 2.75) is 51.9 Å². The normalized spacial score (nSPS) is 25.8. The summed E-state index contributed by atoms with van der Waals surface area (Å²) in [5.41, 5.74) is 5.93. The molecule has 4 atom stereocenters. The van der Waals surface area contributed by atoms with Gasteiger partial charge in [0, 0.05) is 100 Å². The molecular formula is C36H64Br4N8. The van der Waals surface area contributed by atoms with Crippen molar-refractivity contribution in [1.82, 2.24) is 21.3 Å². The molecule has 8 bridgehead atoms. The smallest absolute Gasteiger partial charge is 0.103 e. The van der Waals surface area contributed by atoms with Gasteiger partial charge in [-0.1, -0.05) is 48.5 Å². The first-order valence-corrected chi connectivity index (χ1v) is 18.1. The molecule has 2 aromatic rings. The molecule has 12 aliphatic rings. The van der Waals surface area contributed by atoms with E-state index in [0.29, 0.717) is 0 Å². The molecule has 0 spiro atoms. The van der Waals surface area contributed by atoms with Crippen LogP contribution in [0.2, 0.25) is 0 Å². The number of benzene rings is 2. The minimum absolute atomic E-state index is 0. The van der Waals surface area contributed by atoms with Crippen molar-refractivity contribution in [1.29, 1.82) is 0 Å². The summed E-state index contributed by atoms with van der Waals surface area (Å²) in [6.07, 6.45) is 4.96. The number of quaternary nitrogens is 4. The predicted molar refractivity (Wildman–Crippen MR) is 180 cm³/mol. The highest BCUT2D eigenvalue weighted by atomic mass is 79.9. The van der Waals surface area contributed by atoms with E-state index in [1.165, 1.54) is 100 Å². The summed E-state index contributed by atoms with van der Waals surface area (Å²) < 4.78 is 0. The van der Waals surface area contributed by atoms with Crippen molar-refractivity contribution in [3.63, 3.8) is 0 Å². The van der Waals surface area contributed by atoms with Crippen molar-refractivity contribution >= 4 is 0 Å². The zero-order valence-corrected chi connectivity index (χ0v) is 35.4. The number of hydrogen-bond donors (Lipinski definition) is 8. The molecule has 0 aliphatic carbocycles. The molecule has 12 aliphatic heterocycles. The third-order valence-electron chi connectivity index (χ3n) is 10.0. The first-order valence-electron chi connectivity index (χ1n) is 18.1. The Balaban J connectivity index is 0.00000288. The molecule has 2 saturated heterocycles. The second kappa shape index (κ2) is 27.7. The Hall–Kier alpha value is 0.0400. The minimum Gasteiger partial charge on any atom is -1.00 e. The standard InChI is InChI=1S/C36H60N8.4BrH/c1-13-37-17-26-42-22-2-14-38-18-25-41(21-1)29-33-5-7-34(8-6-33)31-43-23-3-15-40-20-28-44(24-4-16-39-19-27-43)32-36-11-9-35(30-42)10-12-36;;;;/h5-12,37-40H,1-4,13-32H2;4*1H. The van der Waals surface area contributed by atoms with Crippen molar-refractivity contribution in [3.8, 4) is 0 Å². The van der Waals surface area contributed by atoms with Crippen molar-refractivity contribution in [3.05, 3.63) is 70.8 Å². The molecule has 0 radical (unpaired) electrons. The van der Waals surface area contributed by atoms with Gasteiger partial charge in [-0.25, -0.2) is 0 Å². The number of hydrogen-bond acceptors (Lipinski definition) is 4.